The van der Waals surface area contributed by atoms with Crippen LogP contribution in [-0.2, 0) is 50.4 Å². The number of hydrogen-bond donors (Lipinski definition) is 3. The van der Waals surface area contributed by atoms with Crippen molar-refractivity contribution in [2.45, 2.75) is 68.2 Å². The summed E-state index contributed by atoms with van der Waals surface area (Å²) >= 11 is 13.0. The lowest BCUT2D eigenvalue weighted by atomic mass is 9.94. The molecule has 9 rings (SSSR count). The van der Waals surface area contributed by atoms with Crippen molar-refractivity contribution in [3.05, 3.63) is 152 Å². The topological polar surface area (TPSA) is 197 Å². The van der Waals surface area contributed by atoms with Gasteiger partial charge in [-0.15, -0.1) is 0 Å². The molecule has 3 N–H and O–H groups in total. The van der Waals surface area contributed by atoms with Crippen LogP contribution in [0.5, 0.6) is 17.2 Å². The number of thiazole rings is 1. The summed E-state index contributed by atoms with van der Waals surface area (Å²) in [7, 11) is -4.49. The fourth-order valence-corrected chi connectivity index (χ4v) is 11.4. The third kappa shape index (κ3) is 10.1. The normalized spacial score (nSPS) is 17.1. The molecule has 67 heavy (non-hydrogen) atoms. The van der Waals surface area contributed by atoms with Gasteiger partial charge in [0, 0.05) is 18.9 Å². The van der Waals surface area contributed by atoms with E-state index in [9.17, 15) is 27.9 Å². The van der Waals surface area contributed by atoms with Crippen molar-refractivity contribution in [2.75, 3.05) is 11.9 Å². The third-order valence-electron chi connectivity index (χ3n) is 11.8. The Bertz CT molecular complexity index is 3050. The first-order valence-corrected chi connectivity index (χ1v) is 24.3. The molecule has 0 radical (unpaired) electrons. The van der Waals surface area contributed by atoms with Crippen LogP contribution in [0.3, 0.4) is 0 Å². The van der Waals surface area contributed by atoms with E-state index in [-0.39, 0.29) is 59.5 Å². The van der Waals surface area contributed by atoms with Gasteiger partial charge in [0.15, 0.2) is 26.9 Å². The standard InChI is InChI=1S/C49H41Cl2N5O9S2/c1-27-48(66-49(53-27)55-45(57)34-11-12-34)67(61,62)56-24-36-22-43-42(64-26-44(65-43)33-13-15-37(16-14-33)63-25-30-6-17-38(50)39(51)18-30)21-35(36)20-41(56)46(58)54-40(47(59)60)19-28-2-7-31(8-3-28)32-9-4-29(23-52)5-10-32/h2-10,13-18,21-22,34,40-41,44H,11-12,19-20,24-26H2,1H3,(H,54,58)(H,59,60)(H,53,55,57)/t40-,41-,44?/m0/s1. The highest BCUT2D eigenvalue weighted by atomic mass is 35.5. The molecular formula is C49H41Cl2N5O9S2. The van der Waals surface area contributed by atoms with Crippen molar-refractivity contribution in [1.29, 1.82) is 5.26 Å². The van der Waals surface area contributed by atoms with E-state index in [0.717, 1.165) is 50.7 Å². The molecule has 18 heteroatoms. The van der Waals surface area contributed by atoms with Crippen LogP contribution in [-0.4, -0.2) is 59.3 Å². The minimum atomic E-state index is -4.49. The van der Waals surface area contributed by atoms with E-state index in [4.69, 9.17) is 42.7 Å². The SMILES string of the molecule is Cc1nc(NC(=O)C2CC2)sc1S(=O)(=O)N1Cc2cc3c(cc2C[C@H]1C(=O)N[C@@H](Cc1ccc(-c2ccc(C#N)cc2)cc1)C(=O)O)OCC(c1ccc(OCc2ccc(Cl)c(Cl)c2)cc1)O3. The number of aryl methyl sites for hydroxylation is 1. The molecule has 14 nitrogen and oxygen atoms in total. The summed E-state index contributed by atoms with van der Waals surface area (Å²) in [5, 5.41) is 25.9. The lowest BCUT2D eigenvalue weighted by molar-refractivity contribution is -0.142. The number of carbonyl (C=O) groups excluding carboxylic acids is 2. The predicted molar refractivity (Wildman–Crippen MR) is 251 cm³/mol. The molecule has 1 saturated carbocycles. The smallest absolute Gasteiger partial charge is 0.326 e. The first-order chi connectivity index (χ1) is 32.2. The number of hydrogen-bond acceptors (Lipinski definition) is 11. The van der Waals surface area contributed by atoms with Gasteiger partial charge in [-0.05, 0) is 114 Å². The molecule has 0 saturated heterocycles. The van der Waals surface area contributed by atoms with Crippen LogP contribution in [0, 0.1) is 24.2 Å². The number of carboxylic acid groups (broad SMARTS) is 1. The number of aromatic nitrogens is 1. The maximum Gasteiger partial charge on any atom is 0.326 e. The number of halogens is 2. The molecule has 0 bridgehead atoms. The molecule has 1 aromatic heterocycles. The minimum Gasteiger partial charge on any atom is -0.489 e. The molecule has 1 unspecified atom stereocenters. The van der Waals surface area contributed by atoms with E-state index in [0.29, 0.717) is 49.5 Å². The zero-order valence-corrected chi connectivity index (χ0v) is 38.8. The summed E-state index contributed by atoms with van der Waals surface area (Å²) in [6.07, 6.45) is 0.779. The zero-order chi connectivity index (χ0) is 47.0. The van der Waals surface area contributed by atoms with Gasteiger partial charge >= 0.3 is 5.97 Å². The number of amides is 2. The highest BCUT2D eigenvalue weighted by molar-refractivity contribution is 7.91. The van der Waals surface area contributed by atoms with Crippen LogP contribution in [0.15, 0.2) is 107 Å². The zero-order valence-electron chi connectivity index (χ0n) is 35.7. The second kappa shape index (κ2) is 19.0. The Morgan fingerprint density at radius 1 is 0.910 bits per heavy atom. The van der Waals surface area contributed by atoms with E-state index in [1.807, 2.05) is 54.6 Å². The fourth-order valence-electron chi connectivity index (χ4n) is 7.95. The van der Waals surface area contributed by atoms with Crippen LogP contribution in [0.4, 0.5) is 5.13 Å². The quantitative estimate of drug-likeness (QED) is 0.0945. The van der Waals surface area contributed by atoms with Gasteiger partial charge in [-0.3, -0.25) is 9.59 Å². The number of anilines is 1. The molecule has 1 fully saturated rings. The minimum absolute atomic E-state index is 0.0862. The molecule has 3 heterocycles. The number of fused-ring (bicyclic) bond motifs is 2. The number of benzene rings is 5. The summed E-state index contributed by atoms with van der Waals surface area (Å²) in [4.78, 5) is 44.1. The van der Waals surface area contributed by atoms with Crippen molar-refractivity contribution >= 4 is 67.5 Å². The Labute approximate surface area is 400 Å². The monoisotopic (exact) mass is 977 g/mol. The molecule has 0 spiro atoms. The lowest BCUT2D eigenvalue weighted by Gasteiger charge is -2.36. The van der Waals surface area contributed by atoms with Crippen molar-refractivity contribution in [3.63, 3.8) is 0 Å². The summed E-state index contributed by atoms with van der Waals surface area (Å²) in [6, 6.07) is 29.7. The van der Waals surface area contributed by atoms with Crippen molar-refractivity contribution in [1.82, 2.24) is 14.6 Å². The second-order valence-electron chi connectivity index (χ2n) is 16.5. The average Bonchev–Trinajstić information content (AvgIpc) is 4.12. The van der Waals surface area contributed by atoms with Crippen LogP contribution in [0.25, 0.3) is 11.1 Å². The summed E-state index contributed by atoms with van der Waals surface area (Å²) in [5.41, 5.74) is 5.86. The summed E-state index contributed by atoms with van der Waals surface area (Å²) in [5.74, 6) is -1.07. The molecule has 2 amide bonds. The number of aliphatic carboxylic acids is 1. The van der Waals surface area contributed by atoms with E-state index in [1.165, 1.54) is 6.92 Å². The van der Waals surface area contributed by atoms with Gasteiger partial charge in [0.1, 0.15) is 31.0 Å². The lowest BCUT2D eigenvalue weighted by Crippen LogP contribution is -2.55. The second-order valence-corrected chi connectivity index (χ2v) is 20.4. The number of sulfonamides is 1. The molecule has 5 aromatic carbocycles. The fraction of sp³-hybridized carbons (Fsp3) is 0.245. The highest BCUT2D eigenvalue weighted by Gasteiger charge is 2.43. The van der Waals surface area contributed by atoms with Crippen molar-refractivity contribution in [2.24, 2.45) is 5.92 Å². The van der Waals surface area contributed by atoms with E-state index >= 15 is 0 Å². The number of carbonyl (C=O) groups is 3. The number of carboxylic acids is 1. The number of nitrogens with one attached hydrogen (secondary N) is 2. The first kappa shape index (κ1) is 45.7. The Morgan fingerprint density at radius 2 is 1.60 bits per heavy atom. The van der Waals surface area contributed by atoms with Gasteiger partial charge in [0.25, 0.3) is 10.0 Å². The Hall–Kier alpha value is -6.48. The summed E-state index contributed by atoms with van der Waals surface area (Å²) in [6.45, 7) is 1.70. The molecular weight excluding hydrogens is 938 g/mol. The number of nitriles is 1. The number of ether oxygens (including phenoxy) is 3. The van der Waals surface area contributed by atoms with E-state index in [2.05, 4.69) is 21.7 Å². The average molecular weight is 979 g/mol. The predicted octanol–water partition coefficient (Wildman–Crippen LogP) is 8.66. The molecule has 1 aliphatic carbocycles. The molecule has 6 aromatic rings. The maximum atomic E-state index is 14.8. The molecule has 342 valence electrons. The van der Waals surface area contributed by atoms with Gasteiger partial charge < -0.3 is 30.0 Å². The molecule has 2 aliphatic heterocycles. The first-order valence-electron chi connectivity index (χ1n) is 21.3. The third-order valence-corrected chi connectivity index (χ3v) is 16.0. The van der Waals surface area contributed by atoms with Crippen molar-refractivity contribution in [3.8, 4) is 34.4 Å². The van der Waals surface area contributed by atoms with Crippen LogP contribution in [0.2, 0.25) is 10.0 Å². The van der Waals surface area contributed by atoms with Crippen molar-refractivity contribution < 1.29 is 42.1 Å². The van der Waals surface area contributed by atoms with Crippen LogP contribution in [0.1, 0.15) is 58.0 Å². The van der Waals surface area contributed by atoms with Gasteiger partial charge in [-0.1, -0.05) is 89.1 Å². The molecule has 3 atom stereocenters. The van der Waals surface area contributed by atoms with Gasteiger partial charge in [0.2, 0.25) is 11.8 Å². The van der Waals surface area contributed by atoms with Gasteiger partial charge in [-0.25, -0.2) is 18.2 Å². The van der Waals surface area contributed by atoms with Gasteiger partial charge in [0.05, 0.1) is 27.4 Å². The highest BCUT2D eigenvalue weighted by Crippen LogP contribution is 2.43. The summed E-state index contributed by atoms with van der Waals surface area (Å²) < 4.78 is 49.1. The van der Waals surface area contributed by atoms with E-state index in [1.54, 1.807) is 48.5 Å². The maximum absolute atomic E-state index is 14.8. The molecule has 3 aliphatic rings. The Kier molecular flexibility index (Phi) is 13.0. The Balaban J connectivity index is 0.953. The van der Waals surface area contributed by atoms with Crippen LogP contribution >= 0.6 is 34.5 Å². The number of nitrogens with zero attached hydrogens (tertiary/aromatic N) is 3. The number of rotatable bonds is 14. The van der Waals surface area contributed by atoms with E-state index < -0.39 is 40.1 Å². The largest absolute Gasteiger partial charge is 0.489 e. The van der Waals surface area contributed by atoms with Crippen LogP contribution < -0.4 is 24.8 Å². The van der Waals surface area contributed by atoms with Gasteiger partial charge in [-0.2, -0.15) is 9.57 Å². The Morgan fingerprint density at radius 3 is 2.27 bits per heavy atom.